The molecule has 9 heteroatoms. The molecule has 2 atom stereocenters. The number of hydrogen-bond acceptors (Lipinski definition) is 5. The van der Waals surface area contributed by atoms with Gasteiger partial charge in [0.05, 0.1) is 17.0 Å². The average molecular weight is 460 g/mol. The van der Waals surface area contributed by atoms with Crippen molar-refractivity contribution in [2.24, 2.45) is 0 Å². The third-order valence-corrected chi connectivity index (χ3v) is 6.06. The molecule has 1 aromatic heterocycles. The van der Waals surface area contributed by atoms with Gasteiger partial charge in [-0.05, 0) is 41.8 Å². The zero-order valence-electron chi connectivity index (χ0n) is 17.3. The van der Waals surface area contributed by atoms with Crippen LogP contribution in [0.2, 0.25) is 5.02 Å². The number of amides is 1. The van der Waals surface area contributed by atoms with E-state index in [0.717, 1.165) is 11.1 Å². The van der Waals surface area contributed by atoms with Crippen LogP contribution in [0.5, 0.6) is 0 Å². The number of benzene rings is 3. The Labute approximate surface area is 194 Å². The quantitative estimate of drug-likeness (QED) is 0.308. The first kappa shape index (κ1) is 20.8. The summed E-state index contributed by atoms with van der Waals surface area (Å²) in [5, 5.41) is 16.1. The van der Waals surface area contributed by atoms with Crippen LogP contribution < -0.4 is 4.90 Å². The minimum Gasteiger partial charge on any atom is -0.269 e. The lowest BCUT2D eigenvalue weighted by Gasteiger charge is -2.39. The Morgan fingerprint density at radius 2 is 1.61 bits per heavy atom. The largest absolute Gasteiger partial charge is 0.269 e. The lowest BCUT2D eigenvalue weighted by molar-refractivity contribution is -0.384. The summed E-state index contributed by atoms with van der Waals surface area (Å²) >= 11 is 6.09. The summed E-state index contributed by atoms with van der Waals surface area (Å²) < 4.78 is 1.74. The van der Waals surface area contributed by atoms with Gasteiger partial charge in [-0.2, -0.15) is 10.1 Å². The number of fused-ring (bicyclic) bond motifs is 1. The first-order chi connectivity index (χ1) is 16.0. The van der Waals surface area contributed by atoms with Crippen molar-refractivity contribution < 1.29 is 9.72 Å². The molecule has 8 nitrogen and oxygen atoms in total. The number of nitro benzene ring substituents is 1. The molecule has 0 N–H and O–H groups in total. The van der Waals surface area contributed by atoms with E-state index in [1.165, 1.54) is 30.6 Å². The van der Waals surface area contributed by atoms with Gasteiger partial charge in [-0.25, -0.2) is 4.68 Å². The van der Waals surface area contributed by atoms with Crippen LogP contribution in [0.3, 0.4) is 0 Å². The Kier molecular flexibility index (Phi) is 5.35. The first-order valence-corrected chi connectivity index (χ1v) is 10.7. The maximum Gasteiger partial charge on any atom is 0.269 e. The summed E-state index contributed by atoms with van der Waals surface area (Å²) in [7, 11) is 0. The standard InChI is InChI=1S/C24H18ClN5O3/c25-19-10-6-17(7-11-19)22-14-21(16-4-2-1-3-5-16)28(24-26-15-27-29(22)24)23(31)18-8-12-20(13-9-18)30(32)33/h1-13,15,21-22H,14H2/t21-,22-/m1/s1. The van der Waals surface area contributed by atoms with Gasteiger partial charge < -0.3 is 0 Å². The molecule has 1 aliphatic rings. The van der Waals surface area contributed by atoms with E-state index in [9.17, 15) is 14.9 Å². The van der Waals surface area contributed by atoms with Crippen molar-refractivity contribution >= 4 is 29.1 Å². The van der Waals surface area contributed by atoms with Crippen LogP contribution in [0.25, 0.3) is 0 Å². The molecule has 5 rings (SSSR count). The predicted molar refractivity (Wildman–Crippen MR) is 123 cm³/mol. The van der Waals surface area contributed by atoms with Crippen LogP contribution in [0.1, 0.15) is 40.0 Å². The maximum atomic E-state index is 13.7. The summed E-state index contributed by atoms with van der Waals surface area (Å²) in [5.41, 5.74) is 2.23. The number of halogens is 1. The van der Waals surface area contributed by atoms with Gasteiger partial charge in [-0.1, -0.05) is 54.1 Å². The number of hydrogen-bond donors (Lipinski definition) is 0. The molecule has 0 saturated carbocycles. The SMILES string of the molecule is O=C(c1ccc([N+](=O)[O-])cc1)N1c2ncnn2[C@@H](c2ccc(Cl)cc2)C[C@@H]1c1ccccc1. The van der Waals surface area contributed by atoms with Gasteiger partial charge >= 0.3 is 0 Å². The monoisotopic (exact) mass is 459 g/mol. The summed E-state index contributed by atoms with van der Waals surface area (Å²) in [4.78, 5) is 30.2. The van der Waals surface area contributed by atoms with Crippen LogP contribution in [-0.4, -0.2) is 25.6 Å². The maximum absolute atomic E-state index is 13.7. The number of carbonyl (C=O) groups excluding carboxylic acids is 1. The van der Waals surface area contributed by atoms with Crippen LogP contribution in [0, 0.1) is 10.1 Å². The van der Waals surface area contributed by atoms with Crippen LogP contribution in [0.15, 0.2) is 85.2 Å². The Bertz CT molecular complexity index is 1310. The third-order valence-electron chi connectivity index (χ3n) is 5.81. The van der Waals surface area contributed by atoms with Crippen molar-refractivity contribution in [3.05, 3.63) is 117 Å². The molecular weight excluding hydrogens is 442 g/mol. The number of nitro groups is 1. The average Bonchev–Trinajstić information content (AvgIpc) is 3.34. The molecule has 0 unspecified atom stereocenters. The minimum atomic E-state index is -0.491. The van der Waals surface area contributed by atoms with Crippen molar-refractivity contribution in [3.63, 3.8) is 0 Å². The fourth-order valence-electron chi connectivity index (χ4n) is 4.21. The van der Waals surface area contributed by atoms with E-state index < -0.39 is 4.92 Å². The van der Waals surface area contributed by atoms with Crippen molar-refractivity contribution in [1.82, 2.24) is 14.8 Å². The Morgan fingerprint density at radius 1 is 0.939 bits per heavy atom. The number of nitrogens with zero attached hydrogens (tertiary/aromatic N) is 5. The van der Waals surface area contributed by atoms with E-state index in [4.69, 9.17) is 11.6 Å². The molecule has 0 bridgehead atoms. The van der Waals surface area contributed by atoms with Crippen molar-refractivity contribution in [1.29, 1.82) is 0 Å². The number of anilines is 1. The molecule has 3 aromatic carbocycles. The molecule has 4 aromatic rings. The van der Waals surface area contributed by atoms with E-state index in [1.807, 2.05) is 54.6 Å². The highest BCUT2D eigenvalue weighted by Gasteiger charge is 2.39. The molecule has 0 spiro atoms. The molecular formula is C24H18ClN5O3. The number of aromatic nitrogens is 3. The highest BCUT2D eigenvalue weighted by molar-refractivity contribution is 6.30. The van der Waals surface area contributed by atoms with Crippen LogP contribution in [0.4, 0.5) is 11.6 Å². The van der Waals surface area contributed by atoms with Gasteiger partial charge in [0.25, 0.3) is 11.6 Å². The van der Waals surface area contributed by atoms with E-state index in [2.05, 4.69) is 10.1 Å². The van der Waals surface area contributed by atoms with Gasteiger partial charge in [-0.3, -0.25) is 19.8 Å². The molecule has 0 saturated heterocycles. The fourth-order valence-corrected chi connectivity index (χ4v) is 4.34. The molecule has 33 heavy (non-hydrogen) atoms. The summed E-state index contributed by atoms with van der Waals surface area (Å²) in [6.07, 6.45) is 2.00. The zero-order chi connectivity index (χ0) is 22.9. The van der Waals surface area contributed by atoms with E-state index in [1.54, 1.807) is 9.58 Å². The highest BCUT2D eigenvalue weighted by Crippen LogP contribution is 2.42. The molecule has 164 valence electrons. The Hall–Kier alpha value is -4.04. The smallest absolute Gasteiger partial charge is 0.269 e. The lowest BCUT2D eigenvalue weighted by Crippen LogP contribution is -2.42. The van der Waals surface area contributed by atoms with Gasteiger partial charge in [0.1, 0.15) is 6.33 Å². The molecule has 0 radical (unpaired) electrons. The molecule has 0 fully saturated rings. The summed E-state index contributed by atoms with van der Waals surface area (Å²) in [6, 6.07) is 22.4. The van der Waals surface area contributed by atoms with Gasteiger partial charge in [-0.15, -0.1) is 0 Å². The normalized spacial score (nSPS) is 17.4. The van der Waals surface area contributed by atoms with Crippen LogP contribution >= 0.6 is 11.6 Å². The summed E-state index contributed by atoms with van der Waals surface area (Å²) in [5.74, 6) is 0.112. The highest BCUT2D eigenvalue weighted by atomic mass is 35.5. The second-order valence-corrected chi connectivity index (χ2v) is 8.15. The topological polar surface area (TPSA) is 94.2 Å². The van der Waals surface area contributed by atoms with Gasteiger partial charge in [0.15, 0.2) is 0 Å². The Balaban J connectivity index is 1.61. The number of rotatable bonds is 4. The summed E-state index contributed by atoms with van der Waals surface area (Å²) in [6.45, 7) is 0. The first-order valence-electron chi connectivity index (χ1n) is 10.3. The molecule has 1 aliphatic heterocycles. The van der Waals surface area contributed by atoms with E-state index in [0.29, 0.717) is 23.0 Å². The fraction of sp³-hybridized carbons (Fsp3) is 0.125. The van der Waals surface area contributed by atoms with E-state index >= 15 is 0 Å². The second-order valence-electron chi connectivity index (χ2n) is 7.71. The van der Waals surface area contributed by atoms with Crippen molar-refractivity contribution in [3.8, 4) is 0 Å². The van der Waals surface area contributed by atoms with Crippen molar-refractivity contribution in [2.75, 3.05) is 4.90 Å². The Morgan fingerprint density at radius 3 is 2.27 bits per heavy atom. The second kappa shape index (κ2) is 8.48. The zero-order valence-corrected chi connectivity index (χ0v) is 18.0. The number of carbonyl (C=O) groups is 1. The molecule has 1 amide bonds. The lowest BCUT2D eigenvalue weighted by atomic mass is 9.91. The van der Waals surface area contributed by atoms with Crippen LogP contribution in [-0.2, 0) is 0 Å². The van der Waals surface area contributed by atoms with Gasteiger partial charge in [0.2, 0.25) is 5.95 Å². The van der Waals surface area contributed by atoms with Crippen molar-refractivity contribution in [2.45, 2.75) is 18.5 Å². The van der Waals surface area contributed by atoms with E-state index in [-0.39, 0.29) is 23.7 Å². The van der Waals surface area contributed by atoms with Gasteiger partial charge in [0, 0.05) is 22.7 Å². The molecule has 0 aliphatic carbocycles. The molecule has 2 heterocycles. The number of non-ortho nitro benzene ring substituents is 1. The predicted octanol–water partition coefficient (Wildman–Crippen LogP) is 5.22. The minimum absolute atomic E-state index is 0.0734. The third kappa shape index (κ3) is 3.85.